The van der Waals surface area contributed by atoms with Crippen molar-refractivity contribution in [3.8, 4) is 11.1 Å². The van der Waals surface area contributed by atoms with Gasteiger partial charge in [-0.2, -0.15) is 5.10 Å². The monoisotopic (exact) mass is 315 g/mol. The summed E-state index contributed by atoms with van der Waals surface area (Å²) in [5.74, 6) is -0.804. The second kappa shape index (κ2) is 6.16. The van der Waals surface area contributed by atoms with E-state index in [-0.39, 0.29) is 0 Å². The number of aryl methyl sites for hydroxylation is 1. The predicted molar refractivity (Wildman–Crippen MR) is 91.0 cm³/mol. The van der Waals surface area contributed by atoms with Crippen molar-refractivity contribution < 1.29 is 9.90 Å². The molecule has 1 aromatic heterocycles. The molecule has 0 spiro atoms. The Labute approximate surface area is 137 Å². The van der Waals surface area contributed by atoms with Crippen molar-refractivity contribution in [2.75, 3.05) is 0 Å². The second-order valence-electron chi connectivity index (χ2n) is 7.01. The fourth-order valence-corrected chi connectivity index (χ4v) is 2.20. The Hall–Kier alpha value is -2.14. The summed E-state index contributed by atoms with van der Waals surface area (Å²) in [7, 11) is 1.90. The molecule has 0 saturated carbocycles. The van der Waals surface area contributed by atoms with Crippen LogP contribution < -0.4 is 5.32 Å². The Balaban J connectivity index is 2.06. The van der Waals surface area contributed by atoms with Gasteiger partial charge in [0.2, 0.25) is 0 Å². The van der Waals surface area contributed by atoms with E-state index in [4.69, 9.17) is 0 Å². The molecule has 0 atom stereocenters. The van der Waals surface area contributed by atoms with Gasteiger partial charge in [0.1, 0.15) is 0 Å². The van der Waals surface area contributed by atoms with Crippen LogP contribution in [0.1, 0.15) is 33.3 Å². The zero-order valence-electron chi connectivity index (χ0n) is 14.4. The van der Waals surface area contributed by atoms with Crippen molar-refractivity contribution in [3.63, 3.8) is 0 Å². The van der Waals surface area contributed by atoms with Gasteiger partial charge in [0.25, 0.3) is 0 Å². The molecule has 0 amide bonds. The molecule has 0 fully saturated rings. The maximum Gasteiger partial charge on any atom is 0.310 e. The summed E-state index contributed by atoms with van der Waals surface area (Å²) in [6.45, 7) is 7.95. The average molecular weight is 315 g/mol. The predicted octanol–water partition coefficient (Wildman–Crippen LogP) is 3.07. The van der Waals surface area contributed by atoms with Crippen LogP contribution in [0.3, 0.4) is 0 Å². The second-order valence-corrected chi connectivity index (χ2v) is 7.01. The van der Waals surface area contributed by atoms with Gasteiger partial charge in [-0.3, -0.25) is 9.48 Å². The molecule has 5 nitrogen and oxygen atoms in total. The first-order valence-electron chi connectivity index (χ1n) is 7.70. The summed E-state index contributed by atoms with van der Waals surface area (Å²) in [6, 6.07) is 8.23. The number of hydrogen-bond donors (Lipinski definition) is 2. The Morgan fingerprint density at radius 3 is 2.26 bits per heavy atom. The van der Waals surface area contributed by atoms with E-state index in [1.165, 1.54) is 0 Å². The third kappa shape index (κ3) is 3.62. The van der Waals surface area contributed by atoms with Gasteiger partial charge in [-0.1, -0.05) is 24.3 Å². The smallest absolute Gasteiger partial charge is 0.310 e. The minimum Gasteiger partial charge on any atom is -0.481 e. The van der Waals surface area contributed by atoms with Crippen LogP contribution in [0.4, 0.5) is 0 Å². The zero-order chi connectivity index (χ0) is 17.3. The van der Waals surface area contributed by atoms with Gasteiger partial charge in [-0.25, -0.2) is 0 Å². The number of aliphatic carboxylic acids is 1. The number of nitrogens with zero attached hydrogens (tertiary/aromatic N) is 2. The molecule has 0 unspecified atom stereocenters. The topological polar surface area (TPSA) is 67.2 Å². The molecule has 124 valence electrons. The van der Waals surface area contributed by atoms with Gasteiger partial charge < -0.3 is 10.4 Å². The summed E-state index contributed by atoms with van der Waals surface area (Å²) in [6.07, 6.45) is 3.82. The molecule has 0 radical (unpaired) electrons. The molecule has 1 heterocycles. The quantitative estimate of drug-likeness (QED) is 0.860. The summed E-state index contributed by atoms with van der Waals surface area (Å²) in [5, 5.41) is 16.9. The van der Waals surface area contributed by atoms with Gasteiger partial charge in [0.15, 0.2) is 0 Å². The lowest BCUT2D eigenvalue weighted by molar-refractivity contribution is -0.151. The van der Waals surface area contributed by atoms with Crippen molar-refractivity contribution in [2.45, 2.75) is 39.8 Å². The Morgan fingerprint density at radius 1 is 1.17 bits per heavy atom. The van der Waals surface area contributed by atoms with Crippen LogP contribution >= 0.6 is 0 Å². The molecule has 0 aliphatic carbocycles. The largest absolute Gasteiger partial charge is 0.481 e. The molecule has 2 rings (SSSR count). The van der Waals surface area contributed by atoms with Gasteiger partial charge in [-0.05, 0) is 38.8 Å². The molecule has 0 aliphatic rings. The molecule has 0 aliphatic heterocycles. The van der Waals surface area contributed by atoms with Crippen molar-refractivity contribution in [1.82, 2.24) is 15.1 Å². The molecule has 0 bridgehead atoms. The Morgan fingerprint density at radius 2 is 1.78 bits per heavy atom. The maximum atomic E-state index is 11.4. The minimum atomic E-state index is -0.858. The molecular formula is C18H25N3O2. The van der Waals surface area contributed by atoms with E-state index in [0.29, 0.717) is 6.54 Å². The number of benzene rings is 1. The number of rotatable bonds is 6. The van der Waals surface area contributed by atoms with E-state index < -0.39 is 16.9 Å². The lowest BCUT2D eigenvalue weighted by Gasteiger charge is -2.39. The van der Waals surface area contributed by atoms with Crippen molar-refractivity contribution >= 4 is 5.97 Å². The highest BCUT2D eigenvalue weighted by Crippen LogP contribution is 2.31. The highest BCUT2D eigenvalue weighted by atomic mass is 16.4. The lowest BCUT2D eigenvalue weighted by atomic mass is 9.74. The number of aromatic nitrogens is 2. The number of hydrogen-bond acceptors (Lipinski definition) is 3. The fourth-order valence-electron chi connectivity index (χ4n) is 2.20. The van der Waals surface area contributed by atoms with Crippen LogP contribution in [0.2, 0.25) is 0 Å². The maximum absolute atomic E-state index is 11.4. The SMILES string of the molecule is Cn1cc(-c2ccc(CNC(C)(C)C(C)(C)C(=O)O)cc2)cn1. The average Bonchev–Trinajstić information content (AvgIpc) is 2.92. The van der Waals surface area contributed by atoms with Crippen molar-refractivity contribution in [1.29, 1.82) is 0 Å². The van der Waals surface area contributed by atoms with Gasteiger partial charge in [0.05, 0.1) is 11.6 Å². The summed E-state index contributed by atoms with van der Waals surface area (Å²) >= 11 is 0. The number of carboxylic acids is 1. The number of nitrogens with one attached hydrogen (secondary N) is 1. The van der Waals surface area contributed by atoms with Crippen molar-refractivity contribution in [3.05, 3.63) is 42.2 Å². The standard InChI is InChI=1S/C18H25N3O2/c1-17(2,16(22)23)18(3,4)19-10-13-6-8-14(9-7-13)15-11-20-21(5)12-15/h6-9,11-12,19H,10H2,1-5H3,(H,22,23). The van der Waals surface area contributed by atoms with E-state index in [2.05, 4.69) is 34.7 Å². The first kappa shape index (κ1) is 17.2. The third-order valence-electron chi connectivity index (χ3n) is 4.82. The first-order chi connectivity index (χ1) is 10.6. The van der Waals surface area contributed by atoms with Crippen LogP contribution in [0.25, 0.3) is 11.1 Å². The zero-order valence-corrected chi connectivity index (χ0v) is 14.4. The molecular weight excluding hydrogens is 290 g/mol. The third-order valence-corrected chi connectivity index (χ3v) is 4.82. The van der Waals surface area contributed by atoms with Crippen LogP contribution in [-0.4, -0.2) is 26.4 Å². The summed E-state index contributed by atoms with van der Waals surface area (Å²) in [5.41, 5.74) is 1.93. The van der Waals surface area contributed by atoms with Crippen molar-refractivity contribution in [2.24, 2.45) is 12.5 Å². The Kier molecular flexibility index (Phi) is 4.61. The minimum absolute atomic E-state index is 0.527. The van der Waals surface area contributed by atoms with Gasteiger partial charge >= 0.3 is 5.97 Å². The Bertz CT molecular complexity index is 685. The molecule has 1 aromatic carbocycles. The van der Waals surface area contributed by atoms with E-state index in [0.717, 1.165) is 16.7 Å². The first-order valence-corrected chi connectivity index (χ1v) is 7.70. The number of carbonyl (C=O) groups is 1. The lowest BCUT2D eigenvalue weighted by Crippen LogP contribution is -2.54. The van der Waals surface area contributed by atoms with Crippen LogP contribution in [0.15, 0.2) is 36.7 Å². The number of carboxylic acid groups (broad SMARTS) is 1. The van der Waals surface area contributed by atoms with E-state index >= 15 is 0 Å². The molecule has 2 aromatic rings. The van der Waals surface area contributed by atoms with Gasteiger partial charge in [-0.15, -0.1) is 0 Å². The van der Waals surface area contributed by atoms with Crippen LogP contribution in [0, 0.1) is 5.41 Å². The van der Waals surface area contributed by atoms with E-state index in [1.54, 1.807) is 18.5 Å². The van der Waals surface area contributed by atoms with E-state index in [9.17, 15) is 9.90 Å². The van der Waals surface area contributed by atoms with E-state index in [1.807, 2.05) is 33.3 Å². The highest BCUT2D eigenvalue weighted by molar-refractivity contribution is 5.75. The molecule has 5 heteroatoms. The normalized spacial score (nSPS) is 12.4. The van der Waals surface area contributed by atoms with Crippen LogP contribution in [-0.2, 0) is 18.4 Å². The molecule has 0 saturated heterocycles. The fraction of sp³-hybridized carbons (Fsp3) is 0.444. The van der Waals surface area contributed by atoms with Gasteiger partial charge in [0, 0.05) is 30.9 Å². The van der Waals surface area contributed by atoms with Crippen LogP contribution in [0.5, 0.6) is 0 Å². The molecule has 23 heavy (non-hydrogen) atoms. The summed E-state index contributed by atoms with van der Waals surface area (Å²) < 4.78 is 1.78. The highest BCUT2D eigenvalue weighted by Gasteiger charge is 2.42. The molecule has 2 N–H and O–H groups in total. The summed E-state index contributed by atoms with van der Waals surface area (Å²) in [4.78, 5) is 11.4.